The van der Waals surface area contributed by atoms with Gasteiger partial charge in [0.2, 0.25) is 5.91 Å². The first-order valence-electron chi connectivity index (χ1n) is 5.42. The molecule has 0 bridgehead atoms. The molecule has 4 heteroatoms. The van der Waals surface area contributed by atoms with Gasteiger partial charge < -0.3 is 10.4 Å². The monoisotopic (exact) mass is 213 g/mol. The molecule has 1 atom stereocenters. The number of hydrogen-bond donors (Lipinski definition) is 2. The van der Waals surface area contributed by atoms with Gasteiger partial charge in [-0.15, -0.1) is 0 Å². The van der Waals surface area contributed by atoms with Gasteiger partial charge in [-0.2, -0.15) is 0 Å². The third kappa shape index (κ3) is 2.94. The van der Waals surface area contributed by atoms with Crippen molar-refractivity contribution in [3.63, 3.8) is 0 Å². The summed E-state index contributed by atoms with van der Waals surface area (Å²) < 4.78 is 0. The molecule has 0 saturated heterocycles. The van der Waals surface area contributed by atoms with Crippen LogP contribution in [0.3, 0.4) is 0 Å². The average molecular weight is 213 g/mol. The summed E-state index contributed by atoms with van der Waals surface area (Å²) in [5.41, 5.74) is -0.484. The molecule has 1 aliphatic carbocycles. The van der Waals surface area contributed by atoms with Crippen molar-refractivity contribution in [1.82, 2.24) is 5.32 Å². The summed E-state index contributed by atoms with van der Waals surface area (Å²) in [5, 5.41) is 11.6. The molecule has 0 aromatic heterocycles. The van der Waals surface area contributed by atoms with E-state index >= 15 is 0 Å². The highest BCUT2D eigenvalue weighted by Gasteiger charge is 2.39. The van der Waals surface area contributed by atoms with Gasteiger partial charge in [-0.1, -0.05) is 20.8 Å². The number of hydrogen-bond acceptors (Lipinski definition) is 2. The van der Waals surface area contributed by atoms with Crippen molar-refractivity contribution in [2.45, 2.75) is 46.1 Å². The molecule has 1 unspecified atom stereocenters. The summed E-state index contributed by atoms with van der Waals surface area (Å²) in [4.78, 5) is 22.7. The van der Waals surface area contributed by atoms with Crippen molar-refractivity contribution in [2.75, 3.05) is 0 Å². The average Bonchev–Trinajstić information content (AvgIpc) is 2.96. The molecule has 1 fully saturated rings. The van der Waals surface area contributed by atoms with Crippen LogP contribution in [0.1, 0.15) is 40.0 Å². The summed E-state index contributed by atoms with van der Waals surface area (Å²) in [5.74, 6) is -0.943. The molecule has 0 aliphatic heterocycles. The van der Waals surface area contributed by atoms with Crippen LogP contribution in [0.4, 0.5) is 0 Å². The maximum atomic E-state index is 11.8. The van der Waals surface area contributed by atoms with Gasteiger partial charge in [0.25, 0.3) is 0 Å². The molecule has 2 N–H and O–H groups in total. The number of carbonyl (C=O) groups is 2. The Bertz CT molecular complexity index is 269. The second-order valence-corrected chi connectivity index (χ2v) is 4.86. The van der Waals surface area contributed by atoms with Crippen molar-refractivity contribution in [2.24, 2.45) is 11.3 Å². The van der Waals surface area contributed by atoms with E-state index < -0.39 is 17.4 Å². The number of carboxylic acid groups (broad SMARTS) is 1. The summed E-state index contributed by atoms with van der Waals surface area (Å²) in [6.07, 6.45) is 2.52. The number of rotatable bonds is 5. The Morgan fingerprint density at radius 1 is 1.47 bits per heavy atom. The van der Waals surface area contributed by atoms with Gasteiger partial charge in [0.1, 0.15) is 6.04 Å². The van der Waals surface area contributed by atoms with Gasteiger partial charge in [0, 0.05) is 5.41 Å². The van der Waals surface area contributed by atoms with Crippen molar-refractivity contribution < 1.29 is 14.7 Å². The van der Waals surface area contributed by atoms with Crippen LogP contribution in [0, 0.1) is 11.3 Å². The lowest BCUT2D eigenvalue weighted by atomic mass is 9.89. The van der Waals surface area contributed by atoms with Gasteiger partial charge in [-0.05, 0) is 25.2 Å². The minimum absolute atomic E-state index is 0.138. The Morgan fingerprint density at radius 2 is 2.00 bits per heavy atom. The molecular formula is C11H19NO3. The maximum Gasteiger partial charge on any atom is 0.326 e. The highest BCUT2D eigenvalue weighted by atomic mass is 16.4. The molecule has 0 spiro atoms. The van der Waals surface area contributed by atoms with Crippen LogP contribution in [0.25, 0.3) is 0 Å². The fourth-order valence-electron chi connectivity index (χ4n) is 1.31. The molecule has 0 aromatic rings. The second-order valence-electron chi connectivity index (χ2n) is 4.86. The zero-order valence-electron chi connectivity index (χ0n) is 9.54. The Morgan fingerprint density at radius 3 is 2.33 bits per heavy atom. The molecule has 0 radical (unpaired) electrons. The first kappa shape index (κ1) is 12.0. The molecule has 1 amide bonds. The first-order chi connectivity index (χ1) is 6.88. The molecule has 0 aromatic carbocycles. The van der Waals surface area contributed by atoms with E-state index in [2.05, 4.69) is 5.32 Å². The topological polar surface area (TPSA) is 66.4 Å². The summed E-state index contributed by atoms with van der Waals surface area (Å²) >= 11 is 0. The fraction of sp³-hybridized carbons (Fsp3) is 0.818. The van der Waals surface area contributed by atoms with Gasteiger partial charge in [0.15, 0.2) is 0 Å². The van der Waals surface area contributed by atoms with E-state index in [1.54, 1.807) is 0 Å². The fourth-order valence-corrected chi connectivity index (χ4v) is 1.31. The molecule has 1 rings (SSSR count). The Balaban J connectivity index is 2.58. The summed E-state index contributed by atoms with van der Waals surface area (Å²) in [7, 11) is 0. The summed E-state index contributed by atoms with van der Waals surface area (Å²) in [6, 6.07) is -0.691. The van der Waals surface area contributed by atoms with Crippen molar-refractivity contribution in [3.05, 3.63) is 0 Å². The predicted octanol–water partition coefficient (Wildman–Crippen LogP) is 1.40. The van der Waals surface area contributed by atoms with E-state index in [4.69, 9.17) is 5.11 Å². The second kappa shape index (κ2) is 4.21. The van der Waals surface area contributed by atoms with Crippen molar-refractivity contribution >= 4 is 11.9 Å². The largest absolute Gasteiger partial charge is 0.480 e. The van der Waals surface area contributed by atoms with Gasteiger partial charge in [0.05, 0.1) is 0 Å². The lowest BCUT2D eigenvalue weighted by Crippen LogP contribution is -2.47. The number of carbonyl (C=O) groups excluding carboxylic acids is 1. The highest BCUT2D eigenvalue weighted by Crippen LogP contribution is 2.33. The van der Waals surface area contributed by atoms with E-state index in [-0.39, 0.29) is 11.8 Å². The standard InChI is InChI=1S/C11H19NO3/c1-4-11(2,3)10(15)12-8(9(13)14)7-5-6-7/h7-8H,4-6H2,1-3H3,(H,12,15)(H,13,14). The molecular weight excluding hydrogens is 194 g/mol. The predicted molar refractivity (Wildman–Crippen MR) is 56.4 cm³/mol. The number of carboxylic acids is 1. The van der Waals surface area contributed by atoms with E-state index in [1.807, 2.05) is 20.8 Å². The third-order valence-electron chi connectivity index (χ3n) is 3.14. The van der Waals surface area contributed by atoms with E-state index in [1.165, 1.54) is 0 Å². The normalized spacial score (nSPS) is 18.3. The smallest absolute Gasteiger partial charge is 0.326 e. The third-order valence-corrected chi connectivity index (χ3v) is 3.14. The zero-order chi connectivity index (χ0) is 11.6. The zero-order valence-corrected chi connectivity index (χ0v) is 9.54. The van der Waals surface area contributed by atoms with E-state index in [9.17, 15) is 9.59 Å². The lowest BCUT2D eigenvalue weighted by Gasteiger charge is -2.24. The Kier molecular flexibility index (Phi) is 3.37. The molecule has 1 aliphatic rings. The Labute approximate surface area is 90.0 Å². The van der Waals surface area contributed by atoms with Crippen LogP contribution in [0.15, 0.2) is 0 Å². The lowest BCUT2D eigenvalue weighted by molar-refractivity contribution is -0.144. The minimum atomic E-state index is -0.919. The first-order valence-corrected chi connectivity index (χ1v) is 5.42. The van der Waals surface area contributed by atoms with E-state index in [0.29, 0.717) is 6.42 Å². The van der Waals surface area contributed by atoms with Crippen LogP contribution in [-0.4, -0.2) is 23.0 Å². The molecule has 0 heterocycles. The van der Waals surface area contributed by atoms with E-state index in [0.717, 1.165) is 12.8 Å². The van der Waals surface area contributed by atoms with Crippen LogP contribution >= 0.6 is 0 Å². The number of aliphatic carboxylic acids is 1. The van der Waals surface area contributed by atoms with Gasteiger partial charge in [-0.25, -0.2) is 4.79 Å². The van der Waals surface area contributed by atoms with Crippen molar-refractivity contribution in [1.29, 1.82) is 0 Å². The summed E-state index contributed by atoms with van der Waals surface area (Å²) in [6.45, 7) is 5.58. The van der Waals surface area contributed by atoms with Gasteiger partial charge >= 0.3 is 5.97 Å². The maximum absolute atomic E-state index is 11.8. The minimum Gasteiger partial charge on any atom is -0.480 e. The molecule has 1 saturated carbocycles. The van der Waals surface area contributed by atoms with Crippen LogP contribution in [0.5, 0.6) is 0 Å². The van der Waals surface area contributed by atoms with Crippen molar-refractivity contribution in [3.8, 4) is 0 Å². The molecule has 4 nitrogen and oxygen atoms in total. The SMILES string of the molecule is CCC(C)(C)C(=O)NC(C(=O)O)C1CC1. The van der Waals surface area contributed by atoms with Crippen LogP contribution in [0.2, 0.25) is 0 Å². The number of nitrogens with one attached hydrogen (secondary N) is 1. The Hall–Kier alpha value is -1.06. The molecule has 86 valence electrons. The quantitative estimate of drug-likeness (QED) is 0.725. The number of amides is 1. The van der Waals surface area contributed by atoms with Gasteiger partial charge in [-0.3, -0.25) is 4.79 Å². The van der Waals surface area contributed by atoms with Crippen LogP contribution < -0.4 is 5.32 Å². The van der Waals surface area contributed by atoms with Crippen LogP contribution in [-0.2, 0) is 9.59 Å². The highest BCUT2D eigenvalue weighted by molar-refractivity contribution is 5.87. The molecule has 15 heavy (non-hydrogen) atoms.